The number of hydrogen-bond acceptors (Lipinski definition) is 3. The zero-order chi connectivity index (χ0) is 18.9. The smallest absolute Gasteiger partial charge is 0.226 e. The summed E-state index contributed by atoms with van der Waals surface area (Å²) in [4.78, 5) is 23.9. The molecule has 4 nitrogen and oxygen atoms in total. The number of amides is 1. The van der Waals surface area contributed by atoms with Crippen LogP contribution < -0.4 is 10.6 Å². The largest absolute Gasteiger partial charge is 0.332 e. The lowest BCUT2D eigenvalue weighted by atomic mass is 9.52. The molecule has 2 atom stereocenters. The van der Waals surface area contributed by atoms with Crippen molar-refractivity contribution in [3.63, 3.8) is 0 Å². The van der Waals surface area contributed by atoms with Gasteiger partial charge in [-0.25, -0.2) is 0 Å². The van der Waals surface area contributed by atoms with Crippen molar-refractivity contribution < 1.29 is 9.59 Å². The summed E-state index contributed by atoms with van der Waals surface area (Å²) in [5, 5.41) is 6.23. The van der Waals surface area contributed by atoms with E-state index in [1.54, 1.807) is 6.92 Å². The number of anilines is 1. The van der Waals surface area contributed by atoms with Gasteiger partial charge in [0.1, 0.15) is 5.78 Å². The summed E-state index contributed by atoms with van der Waals surface area (Å²) in [6.07, 6.45) is 1.18. The van der Waals surface area contributed by atoms with Gasteiger partial charge in [0, 0.05) is 18.0 Å². The first-order valence-corrected chi connectivity index (χ1v) is 9.12. The van der Waals surface area contributed by atoms with E-state index in [4.69, 9.17) is 12.2 Å². The zero-order valence-corrected chi connectivity index (χ0v) is 16.8. The Morgan fingerprint density at radius 1 is 1.20 bits per heavy atom. The summed E-state index contributed by atoms with van der Waals surface area (Å²) in [5.74, 6) is 0.393. The van der Waals surface area contributed by atoms with E-state index in [0.717, 1.165) is 23.2 Å². The Bertz CT molecular complexity index is 701. The van der Waals surface area contributed by atoms with Crippen LogP contribution in [0.5, 0.6) is 0 Å². The highest BCUT2D eigenvalue weighted by atomic mass is 32.1. The van der Waals surface area contributed by atoms with E-state index >= 15 is 0 Å². The van der Waals surface area contributed by atoms with Gasteiger partial charge in [-0.15, -0.1) is 0 Å². The lowest BCUT2D eigenvalue weighted by Crippen LogP contribution is -2.50. The van der Waals surface area contributed by atoms with Gasteiger partial charge in [-0.05, 0) is 68.8 Å². The third-order valence-electron chi connectivity index (χ3n) is 5.56. The van der Waals surface area contributed by atoms with Crippen molar-refractivity contribution in [1.29, 1.82) is 0 Å². The average molecular weight is 361 g/mol. The molecular weight excluding hydrogens is 332 g/mol. The molecule has 136 valence electrons. The SMILES string of the molecule is CC(=O)C1CC(CC(=O)NC(=S)Nc2c(C)cc(C)cc2C)C1(C)C. The molecule has 0 bridgehead atoms. The summed E-state index contributed by atoms with van der Waals surface area (Å²) < 4.78 is 0. The van der Waals surface area contributed by atoms with Gasteiger partial charge in [0.2, 0.25) is 5.91 Å². The Kier molecular flexibility index (Phi) is 5.67. The molecule has 1 saturated carbocycles. The molecule has 0 saturated heterocycles. The summed E-state index contributed by atoms with van der Waals surface area (Å²) in [7, 11) is 0. The van der Waals surface area contributed by atoms with E-state index in [1.807, 2.05) is 13.8 Å². The van der Waals surface area contributed by atoms with E-state index in [1.165, 1.54) is 5.56 Å². The third-order valence-corrected chi connectivity index (χ3v) is 5.77. The fourth-order valence-corrected chi connectivity index (χ4v) is 4.19. The van der Waals surface area contributed by atoms with Gasteiger partial charge in [-0.1, -0.05) is 31.5 Å². The molecule has 0 aliphatic heterocycles. The minimum Gasteiger partial charge on any atom is -0.332 e. The predicted molar refractivity (Wildman–Crippen MR) is 106 cm³/mol. The van der Waals surface area contributed by atoms with Gasteiger partial charge in [0.05, 0.1) is 0 Å². The minimum absolute atomic E-state index is 0.0632. The van der Waals surface area contributed by atoms with E-state index < -0.39 is 0 Å². The molecule has 0 radical (unpaired) electrons. The molecule has 25 heavy (non-hydrogen) atoms. The van der Waals surface area contributed by atoms with Crippen LogP contribution in [-0.2, 0) is 9.59 Å². The van der Waals surface area contributed by atoms with Crippen LogP contribution >= 0.6 is 12.2 Å². The van der Waals surface area contributed by atoms with Crippen LogP contribution in [0.2, 0.25) is 0 Å². The second-order valence-corrected chi connectivity index (χ2v) is 8.31. The Morgan fingerprint density at radius 3 is 2.24 bits per heavy atom. The molecule has 5 heteroatoms. The van der Waals surface area contributed by atoms with Crippen molar-refractivity contribution in [3.8, 4) is 0 Å². The van der Waals surface area contributed by atoms with Crippen molar-refractivity contribution >= 4 is 34.7 Å². The minimum atomic E-state index is -0.123. The summed E-state index contributed by atoms with van der Waals surface area (Å²) in [6.45, 7) is 11.9. The van der Waals surface area contributed by atoms with Crippen molar-refractivity contribution in [2.75, 3.05) is 5.32 Å². The number of hydrogen-bond donors (Lipinski definition) is 2. The lowest BCUT2D eigenvalue weighted by molar-refractivity contribution is -0.140. The van der Waals surface area contributed by atoms with E-state index in [2.05, 4.69) is 43.5 Å². The maximum atomic E-state index is 12.3. The van der Waals surface area contributed by atoms with Crippen LogP contribution in [0, 0.1) is 38.0 Å². The van der Waals surface area contributed by atoms with E-state index in [0.29, 0.717) is 11.5 Å². The van der Waals surface area contributed by atoms with Gasteiger partial charge in [-0.2, -0.15) is 0 Å². The molecule has 1 aromatic rings. The molecule has 1 fully saturated rings. The summed E-state index contributed by atoms with van der Waals surface area (Å²) >= 11 is 5.30. The number of aryl methyl sites for hydroxylation is 3. The Labute approximate surface area is 155 Å². The summed E-state index contributed by atoms with van der Waals surface area (Å²) in [6, 6.07) is 4.16. The molecule has 1 aliphatic carbocycles. The molecule has 2 unspecified atom stereocenters. The van der Waals surface area contributed by atoms with Crippen LogP contribution in [-0.4, -0.2) is 16.8 Å². The van der Waals surface area contributed by atoms with Crippen LogP contribution in [0.4, 0.5) is 5.69 Å². The van der Waals surface area contributed by atoms with Gasteiger partial charge in [0.15, 0.2) is 5.11 Å². The maximum absolute atomic E-state index is 12.3. The highest BCUT2D eigenvalue weighted by Gasteiger charge is 2.50. The Hall–Kier alpha value is -1.75. The number of rotatable bonds is 4. The molecule has 1 aromatic carbocycles. The average Bonchev–Trinajstić information content (AvgIpc) is 2.46. The van der Waals surface area contributed by atoms with Gasteiger partial charge in [-0.3, -0.25) is 9.59 Å². The molecule has 2 N–H and O–H groups in total. The fourth-order valence-electron chi connectivity index (χ4n) is 3.98. The lowest BCUT2D eigenvalue weighted by Gasteiger charge is -2.51. The monoisotopic (exact) mass is 360 g/mol. The van der Waals surface area contributed by atoms with Gasteiger partial charge >= 0.3 is 0 Å². The summed E-state index contributed by atoms with van der Waals surface area (Å²) in [5.41, 5.74) is 4.21. The normalized spacial score (nSPS) is 21.2. The second-order valence-electron chi connectivity index (χ2n) is 7.90. The second kappa shape index (κ2) is 7.24. The number of carbonyl (C=O) groups excluding carboxylic acids is 2. The molecule has 1 amide bonds. The van der Waals surface area contributed by atoms with Crippen molar-refractivity contribution in [2.24, 2.45) is 17.3 Å². The first kappa shape index (κ1) is 19.6. The molecule has 2 rings (SSSR count). The third kappa shape index (κ3) is 4.27. The molecule has 0 spiro atoms. The number of ketones is 1. The van der Waals surface area contributed by atoms with Crippen molar-refractivity contribution in [3.05, 3.63) is 28.8 Å². The molecule has 1 aliphatic rings. The number of Topliss-reactive ketones (excluding diaryl/α,β-unsaturated/α-hetero) is 1. The number of benzene rings is 1. The Morgan fingerprint density at radius 2 is 1.76 bits per heavy atom. The molecule has 0 aromatic heterocycles. The van der Waals surface area contributed by atoms with Gasteiger partial charge < -0.3 is 10.6 Å². The number of nitrogens with one attached hydrogen (secondary N) is 2. The first-order chi connectivity index (χ1) is 11.5. The maximum Gasteiger partial charge on any atom is 0.226 e. The predicted octanol–water partition coefficient (Wildman–Crippen LogP) is 4.07. The Balaban J connectivity index is 1.92. The first-order valence-electron chi connectivity index (χ1n) is 8.71. The standard InChI is InChI=1S/C20H28N2O2S/c1-11-7-12(2)18(13(3)8-11)22-19(25)21-17(24)10-15-9-16(14(4)23)20(15,5)6/h7-8,15-16H,9-10H2,1-6H3,(H2,21,22,24,25). The van der Waals surface area contributed by atoms with Crippen molar-refractivity contribution in [1.82, 2.24) is 5.32 Å². The molecular formula is C20H28N2O2S. The van der Waals surface area contributed by atoms with Crippen molar-refractivity contribution in [2.45, 2.75) is 54.4 Å². The van der Waals surface area contributed by atoms with Crippen LogP contribution in [0.3, 0.4) is 0 Å². The zero-order valence-electron chi connectivity index (χ0n) is 15.9. The van der Waals surface area contributed by atoms with Crippen LogP contribution in [0.1, 0.15) is 50.3 Å². The van der Waals surface area contributed by atoms with E-state index in [-0.39, 0.29) is 28.9 Å². The van der Waals surface area contributed by atoms with Gasteiger partial charge in [0.25, 0.3) is 0 Å². The number of thiocarbonyl (C=S) groups is 1. The number of carbonyl (C=O) groups is 2. The quantitative estimate of drug-likeness (QED) is 0.795. The van der Waals surface area contributed by atoms with Crippen LogP contribution in [0.15, 0.2) is 12.1 Å². The fraction of sp³-hybridized carbons (Fsp3) is 0.550. The highest BCUT2D eigenvalue weighted by Crippen LogP contribution is 2.53. The highest BCUT2D eigenvalue weighted by molar-refractivity contribution is 7.80. The molecule has 0 heterocycles. The topological polar surface area (TPSA) is 58.2 Å². The van der Waals surface area contributed by atoms with E-state index in [9.17, 15) is 9.59 Å². The van der Waals surface area contributed by atoms with Crippen LogP contribution in [0.25, 0.3) is 0 Å².